The molecule has 0 spiro atoms. The summed E-state index contributed by atoms with van der Waals surface area (Å²) < 4.78 is 9.30. The minimum Gasteiger partial charge on any atom is -0.424 e. The van der Waals surface area contributed by atoms with Crippen molar-refractivity contribution in [1.82, 2.24) is 29.1 Å². The molecule has 3 aliphatic carbocycles. The third kappa shape index (κ3) is 3.61. The molecule has 0 N–H and O–H groups in total. The summed E-state index contributed by atoms with van der Waals surface area (Å²) in [5, 5.41) is 15.1. The summed E-state index contributed by atoms with van der Waals surface area (Å²) >= 11 is 11.3. The highest BCUT2D eigenvalue weighted by Gasteiger charge is 2.29. The average Bonchev–Trinajstić information content (AvgIpc) is 3.25. The smallest absolute Gasteiger partial charge is 0.260 e. The van der Waals surface area contributed by atoms with Crippen molar-refractivity contribution in [3.8, 4) is 0 Å². The second kappa shape index (κ2) is 8.17. The Bertz CT molecular complexity index is 970. The fourth-order valence-corrected chi connectivity index (χ4v) is 6.58. The van der Waals surface area contributed by atoms with Gasteiger partial charge in [0.1, 0.15) is 0 Å². The van der Waals surface area contributed by atoms with Crippen LogP contribution in [0.25, 0.3) is 0 Å². The number of nitrogens with zero attached hydrogens (tertiary/aromatic N) is 6. The van der Waals surface area contributed by atoms with E-state index >= 15 is 0 Å². The van der Waals surface area contributed by atoms with E-state index in [2.05, 4.69) is 66.4 Å². The highest BCUT2D eigenvalue weighted by atomic mass is 79.9. The molecule has 0 atom stereocenters. The van der Waals surface area contributed by atoms with Crippen LogP contribution < -0.4 is 0 Å². The van der Waals surface area contributed by atoms with Gasteiger partial charge in [0.15, 0.2) is 0 Å². The van der Waals surface area contributed by atoms with Crippen molar-refractivity contribution in [2.45, 2.75) is 75.5 Å². The van der Waals surface area contributed by atoms with Crippen LogP contribution >= 0.6 is 47.8 Å². The lowest BCUT2D eigenvalue weighted by Gasteiger charge is -2.31. The Kier molecular flexibility index (Phi) is 5.46. The number of halogens is 3. The first-order valence-corrected chi connectivity index (χ1v) is 13.7. The first-order valence-electron chi connectivity index (χ1n) is 11.3. The van der Waals surface area contributed by atoms with Crippen LogP contribution in [0, 0.1) is 0 Å². The lowest BCUT2D eigenvalue weighted by Crippen LogP contribution is -2.43. The van der Waals surface area contributed by atoms with Crippen molar-refractivity contribution >= 4 is 54.9 Å². The Hall–Kier alpha value is -0.865. The van der Waals surface area contributed by atoms with E-state index in [4.69, 9.17) is 15.3 Å². The maximum atomic E-state index is 5.04. The van der Waals surface area contributed by atoms with Crippen LogP contribution in [-0.4, -0.2) is 36.2 Å². The molecule has 3 saturated carbocycles. The molecular formula is C21H24BBr3N6-. The quantitative estimate of drug-likeness (QED) is 0.308. The number of aromatic nitrogens is 6. The molecule has 0 aliphatic heterocycles. The predicted octanol–water partition coefficient (Wildman–Crippen LogP) is 6.30. The highest BCUT2D eigenvalue weighted by molar-refractivity contribution is 9.11. The monoisotopic (exact) mass is 608 g/mol. The van der Waals surface area contributed by atoms with Gasteiger partial charge in [0.2, 0.25) is 0 Å². The zero-order valence-electron chi connectivity index (χ0n) is 17.2. The Balaban J connectivity index is 1.43. The van der Waals surface area contributed by atoms with E-state index in [0.717, 1.165) is 30.5 Å². The summed E-state index contributed by atoms with van der Waals surface area (Å²) in [5.74, 6) is 1.67. The molecule has 31 heavy (non-hydrogen) atoms. The third-order valence-corrected chi connectivity index (χ3v) is 9.16. The second-order valence-corrected chi connectivity index (χ2v) is 11.8. The summed E-state index contributed by atoms with van der Waals surface area (Å²) in [5.41, 5.74) is 3.48. The normalized spacial score (nSPS) is 20.1. The highest BCUT2D eigenvalue weighted by Crippen LogP contribution is 2.41. The molecular weight excluding hydrogens is 587 g/mol. The molecule has 0 amide bonds. The molecule has 10 heteroatoms. The summed E-state index contributed by atoms with van der Waals surface area (Å²) in [6.07, 6.45) is 17.5. The van der Waals surface area contributed by atoms with Crippen LogP contribution in [0.4, 0.5) is 0 Å². The molecule has 1 radical (unpaired) electrons. The van der Waals surface area contributed by atoms with E-state index in [-0.39, 0.29) is 7.12 Å². The van der Waals surface area contributed by atoms with E-state index in [1.807, 2.05) is 13.8 Å². The Labute approximate surface area is 207 Å². The van der Waals surface area contributed by atoms with Crippen LogP contribution in [-0.2, 0) is 0 Å². The lowest BCUT2D eigenvalue weighted by atomic mass is 9.83. The molecule has 3 aliphatic rings. The van der Waals surface area contributed by atoms with Gasteiger partial charge in [0.25, 0.3) is 7.12 Å². The van der Waals surface area contributed by atoms with E-state index in [9.17, 15) is 0 Å². The second-order valence-electron chi connectivity index (χ2n) is 9.26. The van der Waals surface area contributed by atoms with E-state index in [0.29, 0.717) is 17.8 Å². The fraction of sp³-hybridized carbons (Fsp3) is 0.571. The van der Waals surface area contributed by atoms with Crippen LogP contribution in [0.2, 0.25) is 0 Å². The Morgan fingerprint density at radius 3 is 1.10 bits per heavy atom. The maximum Gasteiger partial charge on any atom is 0.260 e. The fourth-order valence-electron chi connectivity index (χ4n) is 4.74. The van der Waals surface area contributed by atoms with Crippen LogP contribution in [0.5, 0.6) is 0 Å². The standard InChI is InChI=1S/C21H24BBr3N6/c23-16-10-29(26-19(16)13-4-1-5-13)22(30-11-17(24)20(27-30)14-6-2-7-14)31-12-18(25)21(28-31)15-8-3-9-15/h10-15H,1-9H2/q-1. The van der Waals surface area contributed by atoms with Crippen LogP contribution in [0.3, 0.4) is 0 Å². The molecule has 0 saturated heterocycles. The minimum atomic E-state index is -0.277. The van der Waals surface area contributed by atoms with Gasteiger partial charge in [-0.05, 0) is 105 Å². The van der Waals surface area contributed by atoms with Crippen molar-refractivity contribution in [2.75, 3.05) is 0 Å². The van der Waals surface area contributed by atoms with Gasteiger partial charge in [-0.15, -0.1) is 0 Å². The van der Waals surface area contributed by atoms with Crippen LogP contribution in [0.1, 0.15) is 92.6 Å². The van der Waals surface area contributed by atoms with Crippen molar-refractivity contribution in [2.24, 2.45) is 0 Å². The molecule has 0 aromatic carbocycles. The maximum absolute atomic E-state index is 5.04. The summed E-state index contributed by atoms with van der Waals surface area (Å²) in [6.45, 7) is 0. The van der Waals surface area contributed by atoms with Gasteiger partial charge in [0, 0.05) is 17.8 Å². The van der Waals surface area contributed by atoms with Gasteiger partial charge in [0.05, 0.1) is 30.5 Å². The van der Waals surface area contributed by atoms with Crippen molar-refractivity contribution in [1.29, 1.82) is 0 Å². The zero-order valence-corrected chi connectivity index (χ0v) is 22.0. The van der Waals surface area contributed by atoms with Crippen molar-refractivity contribution in [3.63, 3.8) is 0 Å². The molecule has 163 valence electrons. The molecule has 3 heterocycles. The minimum absolute atomic E-state index is 0.277. The first-order chi connectivity index (χ1) is 15.1. The van der Waals surface area contributed by atoms with Gasteiger partial charge in [-0.3, -0.25) is 0 Å². The van der Waals surface area contributed by atoms with Crippen molar-refractivity contribution < 1.29 is 0 Å². The molecule has 3 fully saturated rings. The van der Waals surface area contributed by atoms with E-state index in [1.165, 1.54) is 57.8 Å². The topological polar surface area (TPSA) is 53.5 Å². The molecule has 0 unspecified atom stereocenters. The van der Waals surface area contributed by atoms with Gasteiger partial charge in [-0.2, -0.15) is 0 Å². The van der Waals surface area contributed by atoms with Crippen molar-refractivity contribution in [3.05, 3.63) is 49.1 Å². The van der Waals surface area contributed by atoms with E-state index in [1.54, 1.807) is 0 Å². The Morgan fingerprint density at radius 2 is 0.871 bits per heavy atom. The summed E-state index contributed by atoms with van der Waals surface area (Å²) in [4.78, 5) is 0. The molecule has 6 rings (SSSR count). The largest absolute Gasteiger partial charge is 0.424 e. The zero-order chi connectivity index (χ0) is 21.1. The third-order valence-electron chi connectivity index (χ3n) is 7.33. The summed E-state index contributed by atoms with van der Waals surface area (Å²) in [6, 6.07) is 0. The summed E-state index contributed by atoms with van der Waals surface area (Å²) in [7, 11) is -0.277. The lowest BCUT2D eigenvalue weighted by molar-refractivity contribution is 0.406. The molecule has 3 aromatic rings. The van der Waals surface area contributed by atoms with Gasteiger partial charge in [-0.25, -0.2) is 15.3 Å². The van der Waals surface area contributed by atoms with Gasteiger partial charge >= 0.3 is 0 Å². The SMILES string of the molecule is Brc1cn([B-](n2cc(Br)c(C3CCC3)n2)n2cc(Br)c(C3CCC3)n2)nc1C1CCC1. The van der Waals surface area contributed by atoms with E-state index < -0.39 is 0 Å². The average molecular weight is 611 g/mol. The van der Waals surface area contributed by atoms with Gasteiger partial charge in [-0.1, -0.05) is 19.3 Å². The number of rotatable bonds is 6. The predicted molar refractivity (Wildman–Crippen MR) is 132 cm³/mol. The number of hydrogen-bond donors (Lipinski definition) is 0. The number of hydrogen-bond acceptors (Lipinski definition) is 3. The molecule has 3 aromatic heterocycles. The van der Waals surface area contributed by atoms with Gasteiger partial charge < -0.3 is 13.8 Å². The first kappa shape index (κ1) is 20.7. The molecule has 0 bridgehead atoms. The Morgan fingerprint density at radius 1 is 0.581 bits per heavy atom. The van der Waals surface area contributed by atoms with Crippen LogP contribution in [0.15, 0.2) is 32.0 Å². The molecule has 6 nitrogen and oxygen atoms in total.